The van der Waals surface area contributed by atoms with Crippen molar-refractivity contribution in [3.8, 4) is 11.1 Å². The summed E-state index contributed by atoms with van der Waals surface area (Å²) in [4.78, 5) is 0. The van der Waals surface area contributed by atoms with Gasteiger partial charge in [-0.25, -0.2) is 0 Å². The highest BCUT2D eigenvalue weighted by Crippen LogP contribution is 2.26. The van der Waals surface area contributed by atoms with Gasteiger partial charge in [-0.1, -0.05) is 54.1 Å². The number of rotatable bonds is 1. The van der Waals surface area contributed by atoms with E-state index in [1.807, 2.05) is 48.5 Å². The molecular formula is C12H8Cl. The first-order chi connectivity index (χ1) is 6.38. The normalized spacial score (nSPS) is 9.92. The quantitative estimate of drug-likeness (QED) is 0.637. The Labute approximate surface area is 82.8 Å². The SMILES string of the molecule is Clc1ccccc1-c1cc[c]cc1. The Kier molecular flexibility index (Phi) is 2.33. The number of benzene rings is 2. The van der Waals surface area contributed by atoms with Gasteiger partial charge in [0.05, 0.1) is 0 Å². The van der Waals surface area contributed by atoms with E-state index in [9.17, 15) is 0 Å². The van der Waals surface area contributed by atoms with Crippen LogP contribution in [0.1, 0.15) is 0 Å². The van der Waals surface area contributed by atoms with Crippen LogP contribution in [0.3, 0.4) is 0 Å². The van der Waals surface area contributed by atoms with Crippen LogP contribution in [0.15, 0.2) is 48.5 Å². The summed E-state index contributed by atoms with van der Waals surface area (Å²) in [7, 11) is 0. The molecule has 63 valence electrons. The van der Waals surface area contributed by atoms with Crippen LogP contribution in [0.5, 0.6) is 0 Å². The average Bonchev–Trinajstić information content (AvgIpc) is 2.20. The van der Waals surface area contributed by atoms with Gasteiger partial charge < -0.3 is 0 Å². The summed E-state index contributed by atoms with van der Waals surface area (Å²) in [5.74, 6) is 0. The second-order valence-electron chi connectivity index (χ2n) is 2.77. The Morgan fingerprint density at radius 2 is 1.62 bits per heavy atom. The zero-order valence-corrected chi connectivity index (χ0v) is 7.75. The summed E-state index contributed by atoms with van der Waals surface area (Å²) in [5, 5.41) is 0.786. The lowest BCUT2D eigenvalue weighted by atomic mass is 10.1. The molecule has 0 nitrogen and oxygen atoms in total. The lowest BCUT2D eigenvalue weighted by Gasteiger charge is -2.02. The highest BCUT2D eigenvalue weighted by molar-refractivity contribution is 6.33. The molecule has 0 spiro atoms. The maximum absolute atomic E-state index is 6.05. The first kappa shape index (κ1) is 8.33. The molecule has 0 aromatic heterocycles. The zero-order chi connectivity index (χ0) is 9.10. The predicted molar refractivity (Wildman–Crippen MR) is 55.7 cm³/mol. The van der Waals surface area contributed by atoms with Crippen molar-refractivity contribution in [2.45, 2.75) is 0 Å². The molecule has 13 heavy (non-hydrogen) atoms. The minimum Gasteiger partial charge on any atom is -0.0837 e. The molecule has 0 saturated heterocycles. The Balaban J connectivity index is 2.54. The van der Waals surface area contributed by atoms with Crippen molar-refractivity contribution in [2.75, 3.05) is 0 Å². The Bertz CT molecular complexity index is 393. The minimum atomic E-state index is 0.786. The average molecular weight is 188 g/mol. The molecule has 0 N–H and O–H groups in total. The number of hydrogen-bond acceptors (Lipinski definition) is 0. The molecule has 0 saturated carbocycles. The van der Waals surface area contributed by atoms with Crippen LogP contribution < -0.4 is 0 Å². The van der Waals surface area contributed by atoms with Gasteiger partial charge in [0.1, 0.15) is 0 Å². The maximum atomic E-state index is 6.05. The molecule has 0 heterocycles. The van der Waals surface area contributed by atoms with E-state index in [4.69, 9.17) is 11.6 Å². The minimum absolute atomic E-state index is 0.786. The molecule has 0 bridgehead atoms. The van der Waals surface area contributed by atoms with E-state index in [1.165, 1.54) is 0 Å². The fourth-order valence-corrected chi connectivity index (χ4v) is 1.51. The topological polar surface area (TPSA) is 0 Å². The van der Waals surface area contributed by atoms with Gasteiger partial charge in [0, 0.05) is 10.6 Å². The van der Waals surface area contributed by atoms with Gasteiger partial charge in [-0.15, -0.1) is 0 Å². The zero-order valence-electron chi connectivity index (χ0n) is 7.00. The van der Waals surface area contributed by atoms with E-state index >= 15 is 0 Å². The van der Waals surface area contributed by atoms with Gasteiger partial charge in [0.25, 0.3) is 0 Å². The summed E-state index contributed by atoms with van der Waals surface area (Å²) in [6, 6.07) is 18.6. The second-order valence-corrected chi connectivity index (χ2v) is 3.18. The Morgan fingerprint density at radius 1 is 0.923 bits per heavy atom. The second kappa shape index (κ2) is 3.63. The molecule has 0 fully saturated rings. The third kappa shape index (κ3) is 1.73. The highest BCUT2D eigenvalue weighted by Gasteiger charge is 1.99. The van der Waals surface area contributed by atoms with E-state index in [1.54, 1.807) is 0 Å². The van der Waals surface area contributed by atoms with Crippen LogP contribution in [-0.2, 0) is 0 Å². The van der Waals surface area contributed by atoms with Crippen molar-refractivity contribution < 1.29 is 0 Å². The van der Waals surface area contributed by atoms with Crippen LogP contribution in [0.4, 0.5) is 0 Å². The van der Waals surface area contributed by atoms with Crippen molar-refractivity contribution in [1.82, 2.24) is 0 Å². The fraction of sp³-hybridized carbons (Fsp3) is 0. The summed E-state index contributed by atoms with van der Waals surface area (Å²) >= 11 is 6.05. The van der Waals surface area contributed by atoms with Crippen molar-refractivity contribution in [2.24, 2.45) is 0 Å². The summed E-state index contributed by atoms with van der Waals surface area (Å²) < 4.78 is 0. The molecule has 0 unspecified atom stereocenters. The molecule has 0 amide bonds. The molecule has 0 atom stereocenters. The van der Waals surface area contributed by atoms with Crippen LogP contribution in [0, 0.1) is 6.07 Å². The summed E-state index contributed by atoms with van der Waals surface area (Å²) in [5.41, 5.74) is 2.20. The number of halogens is 1. The van der Waals surface area contributed by atoms with Gasteiger partial charge in [-0.05, 0) is 17.7 Å². The van der Waals surface area contributed by atoms with E-state index < -0.39 is 0 Å². The summed E-state index contributed by atoms with van der Waals surface area (Å²) in [6.07, 6.45) is 0. The molecule has 2 rings (SSSR count). The molecule has 0 aliphatic carbocycles. The largest absolute Gasteiger partial charge is 0.0837 e. The maximum Gasteiger partial charge on any atom is 0.0484 e. The molecule has 0 aliphatic rings. The van der Waals surface area contributed by atoms with E-state index in [0.29, 0.717) is 0 Å². The lowest BCUT2D eigenvalue weighted by molar-refractivity contribution is 1.61. The van der Waals surface area contributed by atoms with Gasteiger partial charge in [0.2, 0.25) is 0 Å². The van der Waals surface area contributed by atoms with Crippen molar-refractivity contribution in [3.05, 3.63) is 59.6 Å². The molecule has 2 aromatic rings. The van der Waals surface area contributed by atoms with Crippen molar-refractivity contribution >= 4 is 11.6 Å². The van der Waals surface area contributed by atoms with E-state index in [2.05, 4.69) is 6.07 Å². The monoisotopic (exact) mass is 187 g/mol. The van der Waals surface area contributed by atoms with Crippen LogP contribution in [-0.4, -0.2) is 0 Å². The molecule has 1 radical (unpaired) electrons. The third-order valence-electron chi connectivity index (χ3n) is 1.90. The molecular weight excluding hydrogens is 180 g/mol. The first-order valence-corrected chi connectivity index (χ1v) is 4.47. The van der Waals surface area contributed by atoms with Gasteiger partial charge in [-0.3, -0.25) is 0 Å². The molecule has 1 heteroatoms. The van der Waals surface area contributed by atoms with Crippen molar-refractivity contribution in [3.63, 3.8) is 0 Å². The Morgan fingerprint density at radius 3 is 2.31 bits per heavy atom. The van der Waals surface area contributed by atoms with Gasteiger partial charge >= 0.3 is 0 Å². The predicted octanol–water partition coefficient (Wildman–Crippen LogP) is 3.81. The smallest absolute Gasteiger partial charge is 0.0484 e. The fourth-order valence-electron chi connectivity index (χ4n) is 1.26. The van der Waals surface area contributed by atoms with Crippen LogP contribution in [0.2, 0.25) is 5.02 Å². The first-order valence-electron chi connectivity index (χ1n) is 4.09. The Hall–Kier alpha value is -1.27. The third-order valence-corrected chi connectivity index (χ3v) is 2.23. The molecule has 2 aromatic carbocycles. The summed E-state index contributed by atoms with van der Waals surface area (Å²) in [6.45, 7) is 0. The highest BCUT2D eigenvalue weighted by atomic mass is 35.5. The van der Waals surface area contributed by atoms with E-state index in [0.717, 1.165) is 16.1 Å². The lowest BCUT2D eigenvalue weighted by Crippen LogP contribution is -1.77. The van der Waals surface area contributed by atoms with E-state index in [-0.39, 0.29) is 0 Å². The van der Waals surface area contributed by atoms with Crippen LogP contribution >= 0.6 is 11.6 Å². The van der Waals surface area contributed by atoms with Gasteiger partial charge in [-0.2, -0.15) is 0 Å². The standard InChI is InChI=1S/C12H8Cl/c13-12-9-5-4-8-11(12)10-6-2-1-3-7-10/h2-9H. The van der Waals surface area contributed by atoms with Crippen LogP contribution in [0.25, 0.3) is 11.1 Å². The van der Waals surface area contributed by atoms with Crippen molar-refractivity contribution in [1.29, 1.82) is 0 Å². The molecule has 0 aliphatic heterocycles. The number of hydrogen-bond donors (Lipinski definition) is 0. The van der Waals surface area contributed by atoms with Gasteiger partial charge in [0.15, 0.2) is 0 Å².